The zero-order valence-electron chi connectivity index (χ0n) is 10.6. The highest BCUT2D eigenvalue weighted by molar-refractivity contribution is 6.80. The fourth-order valence-electron chi connectivity index (χ4n) is 1.61. The second kappa shape index (κ2) is 7.58. The SMILES string of the molecule is OCCc1cccc(C(Cl)(Cl)C(Cl)(Cl)C(Cl)(Cl)C(Cl)(Cl)Cl)c1. The predicted molar refractivity (Wildman–Crippen MR) is 99.8 cm³/mol. The highest BCUT2D eigenvalue weighted by atomic mass is 35.6. The van der Waals surface area contributed by atoms with Gasteiger partial charge in [-0.1, -0.05) is 129 Å². The molecule has 0 aliphatic heterocycles. The molecular formula is C12H9Cl9O. The van der Waals surface area contributed by atoms with Crippen LogP contribution in [0.2, 0.25) is 0 Å². The second-order valence-corrected chi connectivity index (χ2v) is 10.7. The summed E-state index contributed by atoms with van der Waals surface area (Å²) in [5.41, 5.74) is 1.03. The highest BCUT2D eigenvalue weighted by Gasteiger charge is 2.68. The van der Waals surface area contributed by atoms with Gasteiger partial charge in [-0.15, -0.1) is 0 Å². The molecule has 1 aromatic rings. The van der Waals surface area contributed by atoms with Gasteiger partial charge >= 0.3 is 0 Å². The van der Waals surface area contributed by atoms with Crippen molar-refractivity contribution in [3.8, 4) is 0 Å². The van der Waals surface area contributed by atoms with E-state index in [1.807, 2.05) is 0 Å². The van der Waals surface area contributed by atoms with Crippen molar-refractivity contribution in [3.63, 3.8) is 0 Å². The monoisotopic (exact) mass is 484 g/mol. The van der Waals surface area contributed by atoms with Crippen molar-refractivity contribution in [2.75, 3.05) is 6.61 Å². The van der Waals surface area contributed by atoms with Crippen LogP contribution in [-0.4, -0.2) is 24.2 Å². The average Bonchev–Trinajstić information content (AvgIpc) is 2.37. The van der Waals surface area contributed by atoms with Crippen LogP contribution >= 0.6 is 104 Å². The number of aliphatic hydroxyl groups is 1. The molecule has 22 heavy (non-hydrogen) atoms. The van der Waals surface area contributed by atoms with Crippen LogP contribution in [0.4, 0.5) is 0 Å². The van der Waals surface area contributed by atoms with Crippen LogP contribution in [-0.2, 0) is 10.8 Å². The largest absolute Gasteiger partial charge is 0.396 e. The third-order valence-electron chi connectivity index (χ3n) is 2.83. The lowest BCUT2D eigenvalue weighted by Crippen LogP contribution is -2.54. The van der Waals surface area contributed by atoms with Gasteiger partial charge in [-0.25, -0.2) is 0 Å². The first-order valence-electron chi connectivity index (χ1n) is 5.69. The fourth-order valence-corrected chi connectivity index (χ4v) is 3.82. The van der Waals surface area contributed by atoms with Gasteiger partial charge in [-0.3, -0.25) is 0 Å². The van der Waals surface area contributed by atoms with E-state index in [1.165, 1.54) is 0 Å². The lowest BCUT2D eigenvalue weighted by Gasteiger charge is -2.44. The number of alkyl halides is 9. The van der Waals surface area contributed by atoms with Gasteiger partial charge in [0.2, 0.25) is 8.13 Å². The van der Waals surface area contributed by atoms with Crippen LogP contribution in [0.15, 0.2) is 24.3 Å². The van der Waals surface area contributed by atoms with Gasteiger partial charge in [0, 0.05) is 6.61 Å². The fraction of sp³-hybridized carbons (Fsp3) is 0.500. The Bertz CT molecular complexity index is 522. The topological polar surface area (TPSA) is 20.2 Å². The summed E-state index contributed by atoms with van der Waals surface area (Å²) in [5.74, 6) is 0. The van der Waals surface area contributed by atoms with E-state index in [0.29, 0.717) is 6.42 Å². The Balaban J connectivity index is 3.35. The number of hydrogen-bond acceptors (Lipinski definition) is 1. The molecule has 0 aliphatic rings. The molecule has 0 atom stereocenters. The molecule has 0 aromatic heterocycles. The van der Waals surface area contributed by atoms with E-state index < -0.39 is 16.8 Å². The smallest absolute Gasteiger partial charge is 0.226 e. The van der Waals surface area contributed by atoms with Gasteiger partial charge in [0.05, 0.1) is 0 Å². The molecule has 0 saturated heterocycles. The standard InChI is InChI=1S/C12H9Cl9O/c13-9(14,8-3-1-2-7(6-8)4-5-22)10(15,16)11(17,18)12(19,20)21/h1-3,6,22H,4-5H2. The molecule has 0 amide bonds. The summed E-state index contributed by atoms with van der Waals surface area (Å²) in [6.45, 7) is -0.0585. The molecule has 0 unspecified atom stereocenters. The minimum Gasteiger partial charge on any atom is -0.396 e. The Morgan fingerprint density at radius 1 is 0.818 bits per heavy atom. The van der Waals surface area contributed by atoms with E-state index in [1.54, 1.807) is 24.3 Å². The average molecular weight is 488 g/mol. The van der Waals surface area contributed by atoms with Crippen molar-refractivity contribution in [3.05, 3.63) is 35.4 Å². The van der Waals surface area contributed by atoms with Crippen molar-refractivity contribution in [1.29, 1.82) is 0 Å². The summed E-state index contributed by atoms with van der Waals surface area (Å²) in [4.78, 5) is 0. The van der Waals surface area contributed by atoms with Crippen LogP contribution in [0.25, 0.3) is 0 Å². The molecule has 0 spiro atoms. The Kier molecular flexibility index (Phi) is 7.52. The van der Waals surface area contributed by atoms with Gasteiger partial charge in [0.15, 0.2) is 8.67 Å². The van der Waals surface area contributed by atoms with E-state index in [9.17, 15) is 0 Å². The van der Waals surface area contributed by atoms with Crippen LogP contribution in [0, 0.1) is 0 Å². The maximum Gasteiger partial charge on any atom is 0.226 e. The maximum absolute atomic E-state index is 9.00. The third kappa shape index (κ3) is 4.12. The molecule has 1 N–H and O–H groups in total. The van der Waals surface area contributed by atoms with Crippen molar-refractivity contribution < 1.29 is 5.11 Å². The summed E-state index contributed by atoms with van der Waals surface area (Å²) in [7, 11) is 0. The summed E-state index contributed by atoms with van der Waals surface area (Å²) in [5, 5.41) is 9.00. The highest BCUT2D eigenvalue weighted by Crippen LogP contribution is 2.65. The summed E-state index contributed by atoms with van der Waals surface area (Å²) in [6.07, 6.45) is 0.382. The molecule has 0 saturated carbocycles. The van der Waals surface area contributed by atoms with E-state index in [2.05, 4.69) is 0 Å². The zero-order chi connectivity index (χ0) is 17.4. The molecule has 0 fully saturated rings. The zero-order valence-corrected chi connectivity index (χ0v) is 17.4. The van der Waals surface area contributed by atoms with Crippen molar-refractivity contribution >= 4 is 104 Å². The summed E-state index contributed by atoms with van der Waals surface area (Å²) >= 11 is 54.3. The quantitative estimate of drug-likeness (QED) is 0.465. The van der Waals surface area contributed by atoms with Crippen molar-refractivity contribution in [2.24, 2.45) is 0 Å². The van der Waals surface area contributed by atoms with Crippen LogP contribution < -0.4 is 0 Å². The molecule has 1 nitrogen and oxygen atoms in total. The first-order chi connectivity index (χ1) is 9.79. The van der Waals surface area contributed by atoms with Gasteiger partial charge in [-0.2, -0.15) is 0 Å². The normalized spacial score (nSPS) is 14.3. The van der Waals surface area contributed by atoms with Gasteiger partial charge in [-0.05, 0) is 17.5 Å². The Morgan fingerprint density at radius 3 is 1.82 bits per heavy atom. The van der Waals surface area contributed by atoms with Gasteiger partial charge in [0.1, 0.15) is 0 Å². The third-order valence-corrected chi connectivity index (χ3v) is 8.31. The number of benzene rings is 1. The van der Waals surface area contributed by atoms with E-state index >= 15 is 0 Å². The maximum atomic E-state index is 9.00. The molecule has 0 radical (unpaired) electrons. The molecule has 126 valence electrons. The lowest BCUT2D eigenvalue weighted by molar-refractivity contribution is 0.299. The minimum atomic E-state index is -2.33. The number of halogens is 9. The molecule has 0 bridgehead atoms. The van der Waals surface area contributed by atoms with E-state index in [0.717, 1.165) is 5.56 Å². The van der Waals surface area contributed by atoms with Gasteiger partial charge in [0.25, 0.3) is 0 Å². The Labute approximate surface area is 173 Å². The van der Waals surface area contributed by atoms with Crippen molar-refractivity contribution in [2.45, 2.75) is 23.2 Å². The second-order valence-electron chi connectivity index (χ2n) is 4.39. The number of hydrogen-bond donors (Lipinski definition) is 1. The number of rotatable bonds is 5. The van der Waals surface area contributed by atoms with Crippen molar-refractivity contribution in [1.82, 2.24) is 0 Å². The summed E-state index contributed by atoms with van der Waals surface area (Å²) < 4.78 is -8.88. The molecule has 10 heteroatoms. The molecule has 0 heterocycles. The van der Waals surface area contributed by atoms with E-state index in [-0.39, 0.29) is 12.2 Å². The molecule has 1 rings (SSSR count). The van der Waals surface area contributed by atoms with Crippen LogP contribution in [0.3, 0.4) is 0 Å². The predicted octanol–water partition coefficient (Wildman–Crippen LogP) is 6.57. The molecular weight excluding hydrogens is 479 g/mol. The Morgan fingerprint density at radius 2 is 1.36 bits per heavy atom. The number of aliphatic hydroxyl groups excluding tert-OH is 1. The minimum absolute atomic E-state index is 0.0585. The Hall–Kier alpha value is 1.79. The first-order valence-corrected chi connectivity index (χ1v) is 9.09. The van der Waals surface area contributed by atoms with Crippen LogP contribution in [0.1, 0.15) is 11.1 Å². The van der Waals surface area contributed by atoms with E-state index in [4.69, 9.17) is 110 Å². The molecule has 0 aliphatic carbocycles. The first kappa shape index (κ1) is 21.8. The van der Waals surface area contributed by atoms with Gasteiger partial charge < -0.3 is 5.11 Å². The summed E-state index contributed by atoms with van der Waals surface area (Å²) in [6, 6.07) is 6.57. The lowest BCUT2D eigenvalue weighted by atomic mass is 10.0. The van der Waals surface area contributed by atoms with Crippen LogP contribution in [0.5, 0.6) is 0 Å². The molecule has 1 aromatic carbocycles.